The Morgan fingerprint density at radius 3 is 2.00 bits per heavy atom. The molecule has 0 amide bonds. The van der Waals surface area contributed by atoms with Gasteiger partial charge in [0.15, 0.2) is 29.1 Å². The van der Waals surface area contributed by atoms with Crippen molar-refractivity contribution >= 4 is 0 Å². The van der Waals surface area contributed by atoms with Crippen LogP contribution in [0.25, 0.3) is 0 Å². The summed E-state index contributed by atoms with van der Waals surface area (Å²) in [6, 6.07) is 4.00. The second-order valence-corrected chi connectivity index (χ2v) is 4.47. The van der Waals surface area contributed by atoms with Crippen molar-refractivity contribution in [2.24, 2.45) is 5.84 Å². The van der Waals surface area contributed by atoms with Crippen LogP contribution in [0.1, 0.15) is 17.2 Å². The Morgan fingerprint density at radius 2 is 1.48 bits per heavy atom. The Balaban J connectivity index is 2.29. The number of nitrogens with two attached hydrogens (primary N) is 1. The van der Waals surface area contributed by atoms with Gasteiger partial charge in [0, 0.05) is 0 Å². The van der Waals surface area contributed by atoms with Crippen molar-refractivity contribution in [1.82, 2.24) is 5.43 Å². The normalized spacial score (nSPS) is 12.5. The molecule has 0 aromatic heterocycles. The molecule has 0 aliphatic rings. The Hall–Kier alpha value is -1.99. The van der Waals surface area contributed by atoms with E-state index >= 15 is 0 Å². The van der Waals surface area contributed by atoms with Gasteiger partial charge in [-0.2, -0.15) is 0 Å². The SMILES string of the molecule is NNC(Cc1ccc(F)c(F)c1)c1cc(F)c(F)c(F)c1. The zero-order valence-electron chi connectivity index (χ0n) is 10.6. The maximum absolute atomic E-state index is 13.2. The fraction of sp³-hybridized carbons (Fsp3) is 0.143. The molecule has 0 spiro atoms. The molecule has 21 heavy (non-hydrogen) atoms. The highest BCUT2D eigenvalue weighted by molar-refractivity contribution is 5.26. The summed E-state index contributed by atoms with van der Waals surface area (Å²) in [5, 5.41) is 0. The smallest absolute Gasteiger partial charge is 0.194 e. The van der Waals surface area contributed by atoms with Crippen LogP contribution >= 0.6 is 0 Å². The first kappa shape index (κ1) is 15.4. The van der Waals surface area contributed by atoms with Crippen LogP contribution in [-0.2, 0) is 6.42 Å². The van der Waals surface area contributed by atoms with E-state index in [0.29, 0.717) is 5.56 Å². The molecule has 0 saturated heterocycles. The van der Waals surface area contributed by atoms with E-state index in [0.717, 1.165) is 24.3 Å². The largest absolute Gasteiger partial charge is 0.271 e. The predicted octanol–water partition coefficient (Wildman–Crippen LogP) is 3.13. The van der Waals surface area contributed by atoms with Gasteiger partial charge >= 0.3 is 0 Å². The highest BCUT2D eigenvalue weighted by atomic mass is 19.2. The molecule has 0 fully saturated rings. The van der Waals surface area contributed by atoms with Crippen molar-refractivity contribution in [2.45, 2.75) is 12.5 Å². The Bertz CT molecular complexity index is 637. The van der Waals surface area contributed by atoms with Gasteiger partial charge in [-0.25, -0.2) is 22.0 Å². The van der Waals surface area contributed by atoms with E-state index < -0.39 is 35.1 Å². The third-order valence-corrected chi connectivity index (χ3v) is 3.03. The topological polar surface area (TPSA) is 38.0 Å². The third kappa shape index (κ3) is 3.37. The number of hydrogen-bond acceptors (Lipinski definition) is 2. The van der Waals surface area contributed by atoms with E-state index in [1.807, 2.05) is 0 Å². The summed E-state index contributed by atoms with van der Waals surface area (Å²) < 4.78 is 65.3. The van der Waals surface area contributed by atoms with Crippen LogP contribution in [0.3, 0.4) is 0 Å². The number of nitrogens with one attached hydrogen (secondary N) is 1. The molecular formula is C14H11F5N2. The molecule has 7 heteroatoms. The standard InChI is InChI=1S/C14H11F5N2/c15-9-2-1-7(3-10(9)16)4-13(21-20)8-5-11(17)14(19)12(18)6-8/h1-3,5-6,13,21H,4,20H2. The molecule has 0 heterocycles. The molecule has 0 radical (unpaired) electrons. The molecule has 0 bridgehead atoms. The van der Waals surface area contributed by atoms with Crippen LogP contribution in [-0.4, -0.2) is 0 Å². The van der Waals surface area contributed by atoms with Crippen LogP contribution in [0.4, 0.5) is 22.0 Å². The van der Waals surface area contributed by atoms with Crippen LogP contribution < -0.4 is 11.3 Å². The maximum Gasteiger partial charge on any atom is 0.194 e. The minimum absolute atomic E-state index is 0.0399. The molecule has 112 valence electrons. The lowest BCUT2D eigenvalue weighted by Gasteiger charge is -2.17. The number of hydrazine groups is 1. The van der Waals surface area contributed by atoms with Crippen molar-refractivity contribution in [1.29, 1.82) is 0 Å². The van der Waals surface area contributed by atoms with Gasteiger partial charge in [0.1, 0.15) is 0 Å². The summed E-state index contributed by atoms with van der Waals surface area (Å²) in [5.74, 6) is -1.03. The summed E-state index contributed by atoms with van der Waals surface area (Å²) in [7, 11) is 0. The number of halogens is 5. The molecule has 2 nitrogen and oxygen atoms in total. The second kappa shape index (κ2) is 6.19. The lowest BCUT2D eigenvalue weighted by molar-refractivity contribution is 0.439. The van der Waals surface area contributed by atoms with Crippen molar-refractivity contribution in [3.8, 4) is 0 Å². The van der Waals surface area contributed by atoms with Crippen LogP contribution in [0.5, 0.6) is 0 Å². The molecule has 1 atom stereocenters. The predicted molar refractivity (Wildman–Crippen MR) is 66.4 cm³/mol. The van der Waals surface area contributed by atoms with Gasteiger partial charge in [0.2, 0.25) is 0 Å². The van der Waals surface area contributed by atoms with Gasteiger partial charge in [-0.3, -0.25) is 11.3 Å². The molecule has 0 aliphatic heterocycles. The molecule has 0 aliphatic carbocycles. The molecule has 3 N–H and O–H groups in total. The second-order valence-electron chi connectivity index (χ2n) is 4.47. The minimum Gasteiger partial charge on any atom is -0.271 e. The Kier molecular flexibility index (Phi) is 4.54. The maximum atomic E-state index is 13.2. The van der Waals surface area contributed by atoms with Gasteiger partial charge in [0.05, 0.1) is 6.04 Å². The molecule has 2 aromatic carbocycles. The molecule has 1 unspecified atom stereocenters. The van der Waals surface area contributed by atoms with Gasteiger partial charge in [-0.15, -0.1) is 0 Å². The van der Waals surface area contributed by atoms with Gasteiger partial charge in [0.25, 0.3) is 0 Å². The molecule has 0 saturated carbocycles. The highest BCUT2D eigenvalue weighted by Crippen LogP contribution is 2.22. The van der Waals surface area contributed by atoms with Gasteiger partial charge in [-0.05, 0) is 41.8 Å². The Labute approximate surface area is 117 Å². The molecule has 2 aromatic rings. The van der Waals surface area contributed by atoms with E-state index in [1.54, 1.807) is 0 Å². The van der Waals surface area contributed by atoms with E-state index in [9.17, 15) is 22.0 Å². The number of rotatable bonds is 4. The zero-order valence-corrected chi connectivity index (χ0v) is 10.6. The van der Waals surface area contributed by atoms with Crippen LogP contribution in [0.2, 0.25) is 0 Å². The summed E-state index contributed by atoms with van der Waals surface area (Å²) in [4.78, 5) is 0. The summed E-state index contributed by atoms with van der Waals surface area (Å²) in [6.07, 6.45) is 0.0399. The number of hydrogen-bond donors (Lipinski definition) is 2. The van der Waals surface area contributed by atoms with Crippen LogP contribution in [0.15, 0.2) is 30.3 Å². The fourth-order valence-corrected chi connectivity index (χ4v) is 1.95. The number of benzene rings is 2. The average Bonchev–Trinajstić information content (AvgIpc) is 2.45. The lowest BCUT2D eigenvalue weighted by atomic mass is 9.99. The van der Waals surface area contributed by atoms with E-state index in [-0.39, 0.29) is 12.0 Å². The summed E-state index contributed by atoms with van der Waals surface area (Å²) >= 11 is 0. The summed E-state index contributed by atoms with van der Waals surface area (Å²) in [5.41, 5.74) is 2.72. The van der Waals surface area contributed by atoms with E-state index in [1.165, 1.54) is 6.07 Å². The first-order valence-corrected chi connectivity index (χ1v) is 5.97. The minimum atomic E-state index is -1.58. The first-order chi connectivity index (χ1) is 9.92. The van der Waals surface area contributed by atoms with E-state index in [4.69, 9.17) is 5.84 Å². The molecular weight excluding hydrogens is 291 g/mol. The first-order valence-electron chi connectivity index (χ1n) is 5.97. The third-order valence-electron chi connectivity index (χ3n) is 3.03. The highest BCUT2D eigenvalue weighted by Gasteiger charge is 2.17. The lowest BCUT2D eigenvalue weighted by Crippen LogP contribution is -2.30. The average molecular weight is 302 g/mol. The van der Waals surface area contributed by atoms with E-state index in [2.05, 4.69) is 5.43 Å². The quantitative estimate of drug-likeness (QED) is 0.394. The Morgan fingerprint density at radius 1 is 0.857 bits per heavy atom. The van der Waals surface area contributed by atoms with Gasteiger partial charge < -0.3 is 0 Å². The van der Waals surface area contributed by atoms with Gasteiger partial charge in [-0.1, -0.05) is 6.07 Å². The van der Waals surface area contributed by atoms with Crippen molar-refractivity contribution in [2.75, 3.05) is 0 Å². The van der Waals surface area contributed by atoms with Crippen molar-refractivity contribution < 1.29 is 22.0 Å². The van der Waals surface area contributed by atoms with Crippen LogP contribution in [0, 0.1) is 29.1 Å². The van der Waals surface area contributed by atoms with Crippen molar-refractivity contribution in [3.05, 3.63) is 70.5 Å². The monoisotopic (exact) mass is 302 g/mol. The summed E-state index contributed by atoms with van der Waals surface area (Å²) in [6.45, 7) is 0. The fourth-order valence-electron chi connectivity index (χ4n) is 1.95. The molecule has 2 rings (SSSR count). The zero-order chi connectivity index (χ0) is 15.6. The van der Waals surface area contributed by atoms with Crippen molar-refractivity contribution in [3.63, 3.8) is 0 Å².